The summed E-state index contributed by atoms with van der Waals surface area (Å²) in [6, 6.07) is 9.53. The molecular weight excluding hydrogens is 640 g/mol. The Morgan fingerprint density at radius 3 is 2.54 bits per heavy atom. The Balaban J connectivity index is 0.945. The molecular formula is C34H39ClN6O7. The highest BCUT2D eigenvalue weighted by Gasteiger charge is 2.39. The molecule has 1 atom stereocenters. The Bertz CT molecular complexity index is 1590. The summed E-state index contributed by atoms with van der Waals surface area (Å²) in [4.78, 5) is 75.1. The average Bonchev–Trinajstić information content (AvgIpc) is 3.56. The summed E-state index contributed by atoms with van der Waals surface area (Å²) < 4.78 is 5.72. The van der Waals surface area contributed by atoms with E-state index in [4.69, 9.17) is 16.3 Å². The maximum Gasteiger partial charge on any atom is 0.319 e. The summed E-state index contributed by atoms with van der Waals surface area (Å²) in [6.07, 6.45) is 6.38. The number of carbonyl (C=O) groups excluding carboxylic acids is 6. The average molecular weight is 679 g/mol. The normalized spacial score (nSPS) is 17.3. The van der Waals surface area contributed by atoms with E-state index in [9.17, 15) is 28.8 Å². The number of fused-ring (bicyclic) bond motifs is 1. The van der Waals surface area contributed by atoms with Crippen molar-refractivity contribution in [2.45, 2.75) is 57.7 Å². The molecule has 1 unspecified atom stereocenters. The number of urea groups is 1. The SMILES string of the molecule is O=C1CCC(N2Cc3cc(CNC(=O)Nc4ccc(CCOCCNCCCCCN5C(=O)C=CC5=O)c(Cl)c4)ccc3C2=O)C(=O)N1. The number of hydrogen-bond acceptors (Lipinski definition) is 8. The molecule has 0 bridgehead atoms. The van der Waals surface area contributed by atoms with E-state index < -0.39 is 18.0 Å². The molecule has 4 N–H and O–H groups in total. The van der Waals surface area contributed by atoms with Crippen molar-refractivity contribution in [3.05, 3.63) is 75.8 Å². The molecule has 7 amide bonds. The van der Waals surface area contributed by atoms with E-state index >= 15 is 0 Å². The third-order valence-electron chi connectivity index (χ3n) is 8.43. The highest BCUT2D eigenvalue weighted by atomic mass is 35.5. The maximum absolute atomic E-state index is 12.9. The Morgan fingerprint density at radius 2 is 1.77 bits per heavy atom. The molecule has 5 rings (SSSR count). The molecule has 1 fully saturated rings. The first-order chi connectivity index (χ1) is 23.2. The number of unbranched alkanes of at least 4 members (excludes halogenated alkanes) is 2. The van der Waals surface area contributed by atoms with Gasteiger partial charge in [0.25, 0.3) is 17.7 Å². The molecule has 0 spiro atoms. The number of hydrogen-bond donors (Lipinski definition) is 4. The number of anilines is 1. The number of benzene rings is 2. The first-order valence-corrected chi connectivity index (χ1v) is 16.5. The number of ether oxygens (including phenoxy) is 1. The second-order valence-electron chi connectivity index (χ2n) is 11.8. The van der Waals surface area contributed by atoms with Crippen molar-refractivity contribution >= 4 is 52.9 Å². The molecule has 0 aliphatic carbocycles. The zero-order valence-corrected chi connectivity index (χ0v) is 27.3. The van der Waals surface area contributed by atoms with Gasteiger partial charge in [0.15, 0.2) is 0 Å². The van der Waals surface area contributed by atoms with Gasteiger partial charge in [0, 0.05) is 61.0 Å². The molecule has 13 nitrogen and oxygen atoms in total. The predicted molar refractivity (Wildman–Crippen MR) is 177 cm³/mol. The van der Waals surface area contributed by atoms with Crippen molar-refractivity contribution in [1.29, 1.82) is 0 Å². The fourth-order valence-corrected chi connectivity index (χ4v) is 6.10. The highest BCUT2D eigenvalue weighted by Crippen LogP contribution is 2.28. The van der Waals surface area contributed by atoms with Gasteiger partial charge in [-0.15, -0.1) is 0 Å². The van der Waals surface area contributed by atoms with Crippen LogP contribution in [0.15, 0.2) is 48.6 Å². The minimum Gasteiger partial charge on any atom is -0.380 e. The van der Waals surface area contributed by atoms with E-state index in [-0.39, 0.29) is 43.1 Å². The van der Waals surface area contributed by atoms with Crippen molar-refractivity contribution in [3.8, 4) is 0 Å². The van der Waals surface area contributed by atoms with Crippen LogP contribution in [0.2, 0.25) is 5.02 Å². The fraction of sp³-hybridized carbons (Fsp3) is 0.412. The van der Waals surface area contributed by atoms with Crippen LogP contribution in [0, 0.1) is 0 Å². The lowest BCUT2D eigenvalue weighted by molar-refractivity contribution is -0.138. The third kappa shape index (κ3) is 9.06. The van der Waals surface area contributed by atoms with Gasteiger partial charge in [0.05, 0.1) is 13.2 Å². The van der Waals surface area contributed by atoms with Crippen LogP contribution in [-0.4, -0.2) is 84.3 Å². The molecule has 3 heterocycles. The van der Waals surface area contributed by atoms with Crippen LogP contribution in [0.25, 0.3) is 0 Å². The van der Waals surface area contributed by atoms with Crippen molar-refractivity contribution < 1.29 is 33.5 Å². The molecule has 2 aromatic carbocycles. The van der Waals surface area contributed by atoms with Gasteiger partial charge in [-0.05, 0) is 67.1 Å². The van der Waals surface area contributed by atoms with Crippen LogP contribution in [-0.2, 0) is 43.4 Å². The summed E-state index contributed by atoms with van der Waals surface area (Å²) in [5.74, 6) is -1.50. The molecule has 254 valence electrons. The van der Waals surface area contributed by atoms with Gasteiger partial charge >= 0.3 is 6.03 Å². The first kappa shape index (κ1) is 34.7. The second kappa shape index (κ2) is 16.5. The van der Waals surface area contributed by atoms with Crippen molar-refractivity contribution in [2.24, 2.45) is 0 Å². The molecule has 14 heteroatoms. The quantitative estimate of drug-likeness (QED) is 0.155. The number of amides is 7. The van der Waals surface area contributed by atoms with Crippen LogP contribution < -0.4 is 21.3 Å². The molecule has 1 saturated heterocycles. The van der Waals surface area contributed by atoms with Crippen LogP contribution in [0.4, 0.5) is 10.5 Å². The molecule has 2 aromatic rings. The van der Waals surface area contributed by atoms with Gasteiger partial charge in [-0.25, -0.2) is 4.79 Å². The highest BCUT2D eigenvalue weighted by molar-refractivity contribution is 6.31. The van der Waals surface area contributed by atoms with Crippen LogP contribution in [0.1, 0.15) is 59.2 Å². The van der Waals surface area contributed by atoms with E-state index in [0.29, 0.717) is 55.4 Å². The van der Waals surface area contributed by atoms with E-state index in [1.165, 1.54) is 22.0 Å². The van der Waals surface area contributed by atoms with Gasteiger partial charge in [-0.3, -0.25) is 34.2 Å². The van der Waals surface area contributed by atoms with Gasteiger partial charge < -0.3 is 25.6 Å². The van der Waals surface area contributed by atoms with Crippen LogP contribution in [0.3, 0.4) is 0 Å². The Morgan fingerprint density at radius 1 is 0.958 bits per heavy atom. The van der Waals surface area contributed by atoms with Crippen molar-refractivity contribution in [2.75, 3.05) is 38.2 Å². The van der Waals surface area contributed by atoms with Crippen LogP contribution in [0.5, 0.6) is 0 Å². The zero-order valence-electron chi connectivity index (χ0n) is 26.5. The number of halogens is 1. The maximum atomic E-state index is 12.9. The Kier molecular flexibility index (Phi) is 11.9. The van der Waals surface area contributed by atoms with Crippen LogP contribution >= 0.6 is 11.6 Å². The summed E-state index contributed by atoms with van der Waals surface area (Å²) in [5.41, 5.74) is 3.53. The number of carbonyl (C=O) groups is 6. The second-order valence-corrected chi connectivity index (χ2v) is 12.2. The van der Waals surface area contributed by atoms with E-state index in [1.807, 2.05) is 12.1 Å². The van der Waals surface area contributed by atoms with E-state index in [1.54, 1.807) is 24.3 Å². The predicted octanol–water partition coefficient (Wildman–Crippen LogP) is 2.67. The molecule has 0 saturated carbocycles. The number of imide groups is 2. The van der Waals surface area contributed by atoms with E-state index in [2.05, 4.69) is 21.3 Å². The number of piperidine rings is 1. The molecule has 48 heavy (non-hydrogen) atoms. The summed E-state index contributed by atoms with van der Waals surface area (Å²) in [7, 11) is 0. The smallest absolute Gasteiger partial charge is 0.319 e. The summed E-state index contributed by atoms with van der Waals surface area (Å²) in [6.45, 7) is 3.54. The number of nitrogens with one attached hydrogen (secondary N) is 4. The lowest BCUT2D eigenvalue weighted by Gasteiger charge is -2.29. The summed E-state index contributed by atoms with van der Waals surface area (Å²) in [5, 5.41) is 11.7. The lowest BCUT2D eigenvalue weighted by atomic mass is 10.0. The minimum absolute atomic E-state index is 0.195. The monoisotopic (exact) mass is 678 g/mol. The lowest BCUT2D eigenvalue weighted by Crippen LogP contribution is -2.52. The number of nitrogens with zero attached hydrogens (tertiary/aromatic N) is 2. The van der Waals surface area contributed by atoms with Crippen molar-refractivity contribution in [1.82, 2.24) is 25.8 Å². The van der Waals surface area contributed by atoms with Gasteiger partial charge in [-0.1, -0.05) is 36.2 Å². The number of rotatable bonds is 16. The summed E-state index contributed by atoms with van der Waals surface area (Å²) >= 11 is 6.46. The topological polar surface area (TPSA) is 166 Å². The minimum atomic E-state index is -0.676. The standard InChI is InChI=1S/C34H39ClN6O7/c35-27-19-25(6-5-23(27)12-16-48-17-14-36-13-2-1-3-15-40-30(43)10-11-31(40)44)38-34(47)37-20-22-4-7-26-24(18-22)21-41(33(26)46)28-8-9-29(42)39-32(28)45/h4-7,10-11,18-19,28,36H,1-3,8-9,12-17,20-21H2,(H2,37,38,47)(H,39,42,45). The Hall–Kier alpha value is -4.59. The third-order valence-corrected chi connectivity index (χ3v) is 8.78. The molecule has 3 aliphatic heterocycles. The molecule has 0 aromatic heterocycles. The fourth-order valence-electron chi connectivity index (χ4n) is 5.82. The van der Waals surface area contributed by atoms with Crippen molar-refractivity contribution in [3.63, 3.8) is 0 Å². The van der Waals surface area contributed by atoms with E-state index in [0.717, 1.165) is 42.5 Å². The Labute approximate surface area is 283 Å². The van der Waals surface area contributed by atoms with Gasteiger partial charge in [-0.2, -0.15) is 0 Å². The largest absolute Gasteiger partial charge is 0.380 e. The van der Waals surface area contributed by atoms with Gasteiger partial charge in [0.2, 0.25) is 11.8 Å². The first-order valence-electron chi connectivity index (χ1n) is 16.1. The molecule has 0 radical (unpaired) electrons. The molecule has 3 aliphatic rings. The van der Waals surface area contributed by atoms with Gasteiger partial charge in [0.1, 0.15) is 6.04 Å². The zero-order chi connectivity index (χ0) is 34.0.